The molecule has 0 unspecified atom stereocenters. The number of aromatic nitrogens is 2. The number of fused-ring (bicyclic) bond motifs is 1. The van der Waals surface area contributed by atoms with Crippen LogP contribution in [0.25, 0.3) is 10.9 Å². The fourth-order valence-corrected chi connectivity index (χ4v) is 2.66. The Labute approximate surface area is 126 Å². The maximum atomic E-state index is 4.30. The van der Waals surface area contributed by atoms with Crippen LogP contribution in [0, 0.1) is 0 Å². The Kier molecular flexibility index (Phi) is 4.14. The summed E-state index contributed by atoms with van der Waals surface area (Å²) in [4.78, 5) is 4.30. The first-order valence-corrected chi connectivity index (χ1v) is 7.47. The van der Waals surface area contributed by atoms with Crippen LogP contribution >= 0.6 is 15.9 Å². The average molecular weight is 330 g/mol. The van der Waals surface area contributed by atoms with E-state index in [4.69, 9.17) is 0 Å². The van der Waals surface area contributed by atoms with E-state index in [-0.39, 0.29) is 0 Å². The molecule has 102 valence electrons. The van der Waals surface area contributed by atoms with Gasteiger partial charge in [0, 0.05) is 47.4 Å². The molecule has 0 radical (unpaired) electrons. The van der Waals surface area contributed by atoms with E-state index in [1.54, 1.807) is 0 Å². The Morgan fingerprint density at radius 3 is 2.95 bits per heavy atom. The van der Waals surface area contributed by atoms with Gasteiger partial charge in [0.1, 0.15) is 0 Å². The number of hydrogen-bond acceptors (Lipinski definition) is 2. The largest absolute Gasteiger partial charge is 0.346 e. The second-order valence-electron chi connectivity index (χ2n) is 4.71. The number of halogens is 1. The number of nitrogens with zero attached hydrogens (tertiary/aromatic N) is 2. The summed E-state index contributed by atoms with van der Waals surface area (Å²) in [5.41, 5.74) is 2.35. The van der Waals surface area contributed by atoms with E-state index in [0.717, 1.165) is 29.8 Å². The Bertz CT molecular complexity index is 691. The Morgan fingerprint density at radius 1 is 1.15 bits per heavy atom. The molecule has 0 atom stereocenters. The highest BCUT2D eigenvalue weighted by Gasteiger charge is 2.01. The summed E-state index contributed by atoms with van der Waals surface area (Å²) in [6.45, 7) is 2.69. The number of pyridine rings is 1. The molecule has 3 aromatic rings. The lowest BCUT2D eigenvalue weighted by molar-refractivity contribution is 0.603. The minimum absolute atomic E-state index is 0.811. The molecule has 3 nitrogen and oxygen atoms in total. The molecule has 4 heteroatoms. The Hall–Kier alpha value is -1.65. The van der Waals surface area contributed by atoms with Crippen molar-refractivity contribution in [1.82, 2.24) is 14.9 Å². The zero-order valence-corrected chi connectivity index (χ0v) is 12.7. The third kappa shape index (κ3) is 3.08. The van der Waals surface area contributed by atoms with Gasteiger partial charge in [-0.3, -0.25) is 4.98 Å². The van der Waals surface area contributed by atoms with Crippen LogP contribution in [0.1, 0.15) is 5.69 Å². The highest BCUT2D eigenvalue weighted by Crippen LogP contribution is 2.20. The molecule has 0 fully saturated rings. The van der Waals surface area contributed by atoms with Crippen LogP contribution in [0.2, 0.25) is 0 Å². The van der Waals surface area contributed by atoms with Crippen molar-refractivity contribution in [3.05, 3.63) is 65.0 Å². The number of rotatable bonds is 5. The molecule has 0 aliphatic heterocycles. The van der Waals surface area contributed by atoms with Gasteiger partial charge in [0.05, 0.1) is 5.69 Å². The standard InChI is InChI=1S/C16H16BrN3/c17-14-4-5-16-13(11-14)6-9-20(16)10-8-18-12-15-3-1-2-7-19-15/h1-7,9,11,18H,8,10,12H2. The van der Waals surface area contributed by atoms with Gasteiger partial charge in [0.2, 0.25) is 0 Å². The maximum Gasteiger partial charge on any atom is 0.0541 e. The van der Waals surface area contributed by atoms with Crippen LogP contribution in [-0.2, 0) is 13.1 Å². The molecule has 1 N–H and O–H groups in total. The molecule has 20 heavy (non-hydrogen) atoms. The first-order chi connectivity index (χ1) is 9.83. The minimum Gasteiger partial charge on any atom is -0.346 e. The van der Waals surface area contributed by atoms with E-state index in [2.05, 4.69) is 61.3 Å². The summed E-state index contributed by atoms with van der Waals surface area (Å²) in [6, 6.07) is 14.5. The Morgan fingerprint density at radius 2 is 2.10 bits per heavy atom. The molecule has 1 aromatic carbocycles. The van der Waals surface area contributed by atoms with Crippen molar-refractivity contribution in [2.24, 2.45) is 0 Å². The number of benzene rings is 1. The second kappa shape index (κ2) is 6.20. The zero-order chi connectivity index (χ0) is 13.8. The van der Waals surface area contributed by atoms with E-state index in [1.807, 2.05) is 24.4 Å². The van der Waals surface area contributed by atoms with Gasteiger partial charge in [0.25, 0.3) is 0 Å². The van der Waals surface area contributed by atoms with E-state index in [0.29, 0.717) is 0 Å². The summed E-state index contributed by atoms with van der Waals surface area (Å²) in [7, 11) is 0. The monoisotopic (exact) mass is 329 g/mol. The SMILES string of the molecule is Brc1ccc2c(ccn2CCNCc2ccccn2)c1. The van der Waals surface area contributed by atoms with Crippen LogP contribution in [0.3, 0.4) is 0 Å². The van der Waals surface area contributed by atoms with Crippen molar-refractivity contribution < 1.29 is 0 Å². The third-order valence-corrected chi connectivity index (χ3v) is 3.79. The smallest absolute Gasteiger partial charge is 0.0541 e. The average Bonchev–Trinajstić information content (AvgIpc) is 2.87. The third-order valence-electron chi connectivity index (χ3n) is 3.29. The van der Waals surface area contributed by atoms with Crippen molar-refractivity contribution in [2.75, 3.05) is 6.54 Å². The van der Waals surface area contributed by atoms with Gasteiger partial charge in [-0.1, -0.05) is 22.0 Å². The lowest BCUT2D eigenvalue weighted by Gasteiger charge is -2.07. The summed E-state index contributed by atoms with van der Waals surface area (Å²) in [5.74, 6) is 0. The van der Waals surface area contributed by atoms with E-state index >= 15 is 0 Å². The van der Waals surface area contributed by atoms with Crippen molar-refractivity contribution >= 4 is 26.8 Å². The van der Waals surface area contributed by atoms with Crippen LogP contribution in [0.5, 0.6) is 0 Å². The van der Waals surface area contributed by atoms with Crippen LogP contribution in [0.15, 0.2) is 59.3 Å². The normalized spacial score (nSPS) is 11.1. The van der Waals surface area contributed by atoms with Gasteiger partial charge in [0.15, 0.2) is 0 Å². The lowest BCUT2D eigenvalue weighted by Crippen LogP contribution is -2.19. The highest BCUT2D eigenvalue weighted by molar-refractivity contribution is 9.10. The van der Waals surface area contributed by atoms with Gasteiger partial charge in [-0.2, -0.15) is 0 Å². The molecular weight excluding hydrogens is 314 g/mol. The van der Waals surface area contributed by atoms with Crippen LogP contribution in [0.4, 0.5) is 0 Å². The number of nitrogens with one attached hydrogen (secondary N) is 1. The topological polar surface area (TPSA) is 29.9 Å². The quantitative estimate of drug-likeness (QED) is 0.725. The van der Waals surface area contributed by atoms with Gasteiger partial charge < -0.3 is 9.88 Å². The van der Waals surface area contributed by atoms with Gasteiger partial charge in [-0.15, -0.1) is 0 Å². The first kappa shape index (κ1) is 13.3. The highest BCUT2D eigenvalue weighted by atomic mass is 79.9. The molecule has 3 rings (SSSR count). The van der Waals surface area contributed by atoms with Crippen molar-refractivity contribution in [3.63, 3.8) is 0 Å². The minimum atomic E-state index is 0.811. The summed E-state index contributed by atoms with van der Waals surface area (Å²) in [6.07, 6.45) is 3.97. The predicted octanol–water partition coefficient (Wildman–Crippen LogP) is 3.59. The van der Waals surface area contributed by atoms with Crippen molar-refractivity contribution in [2.45, 2.75) is 13.1 Å². The van der Waals surface area contributed by atoms with E-state index < -0.39 is 0 Å². The van der Waals surface area contributed by atoms with E-state index in [9.17, 15) is 0 Å². The first-order valence-electron chi connectivity index (χ1n) is 6.68. The lowest BCUT2D eigenvalue weighted by atomic mass is 10.2. The summed E-state index contributed by atoms with van der Waals surface area (Å²) in [5, 5.41) is 4.69. The molecule has 0 bridgehead atoms. The molecule has 0 aliphatic rings. The van der Waals surface area contributed by atoms with Crippen molar-refractivity contribution in [1.29, 1.82) is 0 Å². The van der Waals surface area contributed by atoms with Gasteiger partial charge in [-0.25, -0.2) is 0 Å². The molecule has 2 heterocycles. The molecule has 0 spiro atoms. The predicted molar refractivity (Wildman–Crippen MR) is 85.6 cm³/mol. The fraction of sp³-hybridized carbons (Fsp3) is 0.188. The molecule has 2 aromatic heterocycles. The second-order valence-corrected chi connectivity index (χ2v) is 5.63. The molecule has 0 saturated carbocycles. The molecule has 0 saturated heterocycles. The molecule has 0 amide bonds. The molecule has 0 aliphatic carbocycles. The maximum absolute atomic E-state index is 4.30. The van der Waals surface area contributed by atoms with Crippen molar-refractivity contribution in [3.8, 4) is 0 Å². The summed E-state index contributed by atoms with van der Waals surface area (Å²) >= 11 is 3.50. The molecular formula is C16H16BrN3. The number of hydrogen-bond donors (Lipinski definition) is 1. The van der Waals surface area contributed by atoms with E-state index in [1.165, 1.54) is 10.9 Å². The van der Waals surface area contributed by atoms with Gasteiger partial charge >= 0.3 is 0 Å². The van der Waals surface area contributed by atoms with Crippen LogP contribution in [-0.4, -0.2) is 16.1 Å². The Balaban J connectivity index is 1.58. The fourth-order valence-electron chi connectivity index (χ4n) is 2.28. The van der Waals surface area contributed by atoms with Crippen LogP contribution < -0.4 is 5.32 Å². The zero-order valence-electron chi connectivity index (χ0n) is 11.1. The van der Waals surface area contributed by atoms with Gasteiger partial charge in [-0.05, 0) is 36.4 Å². The summed E-state index contributed by atoms with van der Waals surface area (Å²) < 4.78 is 3.39.